The third kappa shape index (κ3) is 3.37. The molecule has 94 valence electrons. The van der Waals surface area contributed by atoms with Crippen molar-refractivity contribution in [1.82, 2.24) is 0 Å². The number of carbonyl (C=O) groups excluding carboxylic acids is 1. The molecule has 0 unspecified atom stereocenters. The number of methoxy groups -OCH3 is 2. The molecule has 3 nitrogen and oxygen atoms in total. The highest BCUT2D eigenvalue weighted by Gasteiger charge is 2.34. The first-order valence-electron chi connectivity index (χ1n) is 4.69. The zero-order valence-corrected chi connectivity index (χ0v) is 9.30. The van der Waals surface area contributed by atoms with Gasteiger partial charge in [0.05, 0.1) is 26.2 Å². The van der Waals surface area contributed by atoms with E-state index in [2.05, 4.69) is 9.47 Å². The predicted octanol–water partition coefficient (Wildman–Crippen LogP) is 2.43. The number of ether oxygens (including phenoxy) is 2. The van der Waals surface area contributed by atoms with Crippen LogP contribution in [-0.4, -0.2) is 20.2 Å². The highest BCUT2D eigenvalue weighted by molar-refractivity contribution is 5.72. The number of rotatable bonds is 3. The quantitative estimate of drug-likeness (QED) is 0.771. The van der Waals surface area contributed by atoms with Crippen LogP contribution in [0, 0.1) is 0 Å². The van der Waals surface area contributed by atoms with Gasteiger partial charge in [-0.05, 0) is 17.7 Å². The second-order valence-electron chi connectivity index (χ2n) is 3.29. The normalized spacial score (nSPS) is 11.1. The minimum absolute atomic E-state index is 0.0923. The van der Waals surface area contributed by atoms with Crippen molar-refractivity contribution < 1.29 is 27.4 Å². The minimum Gasteiger partial charge on any atom is -0.496 e. The van der Waals surface area contributed by atoms with Crippen LogP contribution in [0.5, 0.6) is 5.75 Å². The van der Waals surface area contributed by atoms with Crippen molar-refractivity contribution >= 4 is 5.97 Å². The highest BCUT2D eigenvalue weighted by atomic mass is 19.4. The molecule has 0 aromatic heterocycles. The summed E-state index contributed by atoms with van der Waals surface area (Å²) < 4.78 is 46.7. The molecule has 0 fully saturated rings. The topological polar surface area (TPSA) is 35.5 Å². The number of halogens is 3. The van der Waals surface area contributed by atoms with Crippen LogP contribution < -0.4 is 4.74 Å². The van der Waals surface area contributed by atoms with E-state index in [4.69, 9.17) is 0 Å². The van der Waals surface area contributed by atoms with Crippen LogP contribution >= 0.6 is 0 Å². The predicted molar refractivity (Wildman–Crippen MR) is 53.7 cm³/mol. The van der Waals surface area contributed by atoms with Crippen LogP contribution in [0.3, 0.4) is 0 Å². The summed E-state index contributed by atoms with van der Waals surface area (Å²) in [6, 6.07) is 3.29. The molecule has 0 N–H and O–H groups in total. The van der Waals surface area contributed by atoms with E-state index in [1.165, 1.54) is 19.2 Å². The minimum atomic E-state index is -4.48. The Morgan fingerprint density at radius 2 is 1.94 bits per heavy atom. The van der Waals surface area contributed by atoms with Gasteiger partial charge in [-0.1, -0.05) is 6.07 Å². The number of hydrogen-bond donors (Lipinski definition) is 0. The molecule has 1 aromatic rings. The standard InChI is InChI=1S/C11H11F3O3/c1-16-9-5-7(6-10(15)17-2)3-4-8(9)11(12,13)14/h3-5H,6H2,1-2H3. The molecule has 0 saturated heterocycles. The second-order valence-corrected chi connectivity index (χ2v) is 3.29. The Bertz CT molecular complexity index is 413. The van der Waals surface area contributed by atoms with Crippen LogP contribution in [0.1, 0.15) is 11.1 Å². The molecule has 6 heteroatoms. The summed E-state index contributed by atoms with van der Waals surface area (Å²) in [7, 11) is 2.36. The summed E-state index contributed by atoms with van der Waals surface area (Å²) in [4.78, 5) is 11.0. The molecule has 0 amide bonds. The fourth-order valence-electron chi connectivity index (χ4n) is 1.32. The molecule has 0 bridgehead atoms. The van der Waals surface area contributed by atoms with Crippen LogP contribution in [0.15, 0.2) is 18.2 Å². The summed E-state index contributed by atoms with van der Waals surface area (Å²) in [6.07, 6.45) is -4.57. The number of alkyl halides is 3. The summed E-state index contributed by atoms with van der Waals surface area (Å²) in [5.41, 5.74) is -0.463. The van der Waals surface area contributed by atoms with E-state index in [9.17, 15) is 18.0 Å². The number of benzene rings is 1. The third-order valence-corrected chi connectivity index (χ3v) is 2.15. The SMILES string of the molecule is COC(=O)Cc1ccc(C(F)(F)F)c(OC)c1. The molecule has 1 aromatic carbocycles. The summed E-state index contributed by atoms with van der Waals surface area (Å²) in [6.45, 7) is 0. The van der Waals surface area contributed by atoms with Crippen LogP contribution in [0.2, 0.25) is 0 Å². The molecular weight excluding hydrogens is 237 g/mol. The van der Waals surface area contributed by atoms with Gasteiger partial charge < -0.3 is 9.47 Å². The van der Waals surface area contributed by atoms with Gasteiger partial charge >= 0.3 is 12.1 Å². The van der Waals surface area contributed by atoms with Gasteiger partial charge in [0.15, 0.2) is 0 Å². The van der Waals surface area contributed by atoms with E-state index in [1.54, 1.807) is 0 Å². The first kappa shape index (κ1) is 13.3. The smallest absolute Gasteiger partial charge is 0.419 e. The molecule has 17 heavy (non-hydrogen) atoms. The van der Waals surface area contributed by atoms with Gasteiger partial charge in [-0.2, -0.15) is 13.2 Å². The van der Waals surface area contributed by atoms with E-state index < -0.39 is 17.7 Å². The lowest BCUT2D eigenvalue weighted by molar-refractivity contribution is -0.139. The molecule has 0 radical (unpaired) electrons. The number of hydrogen-bond acceptors (Lipinski definition) is 3. The lowest BCUT2D eigenvalue weighted by atomic mass is 10.1. The van der Waals surface area contributed by atoms with E-state index in [-0.39, 0.29) is 12.2 Å². The van der Waals surface area contributed by atoms with E-state index in [1.807, 2.05) is 0 Å². The Morgan fingerprint density at radius 3 is 2.41 bits per heavy atom. The Morgan fingerprint density at radius 1 is 1.29 bits per heavy atom. The molecule has 0 aliphatic carbocycles. The Kier molecular flexibility index (Phi) is 3.98. The maximum absolute atomic E-state index is 12.5. The van der Waals surface area contributed by atoms with Crippen molar-refractivity contribution in [3.63, 3.8) is 0 Å². The average molecular weight is 248 g/mol. The van der Waals surface area contributed by atoms with Crippen molar-refractivity contribution in [3.05, 3.63) is 29.3 Å². The number of carbonyl (C=O) groups is 1. The molecule has 0 aliphatic rings. The van der Waals surface area contributed by atoms with Crippen LogP contribution in [0.25, 0.3) is 0 Å². The van der Waals surface area contributed by atoms with Crippen LogP contribution in [-0.2, 0) is 22.1 Å². The van der Waals surface area contributed by atoms with Crippen molar-refractivity contribution in [2.24, 2.45) is 0 Å². The largest absolute Gasteiger partial charge is 0.496 e. The first-order chi connectivity index (χ1) is 7.88. The van der Waals surface area contributed by atoms with E-state index in [0.717, 1.165) is 13.2 Å². The molecule has 0 aliphatic heterocycles. The Labute approximate surface area is 96.1 Å². The summed E-state index contributed by atoms with van der Waals surface area (Å²) >= 11 is 0. The van der Waals surface area contributed by atoms with Gasteiger partial charge in [0, 0.05) is 0 Å². The molecular formula is C11H11F3O3. The van der Waals surface area contributed by atoms with E-state index >= 15 is 0 Å². The fraction of sp³-hybridized carbons (Fsp3) is 0.364. The lowest BCUT2D eigenvalue weighted by Gasteiger charge is -2.12. The molecule has 0 atom stereocenters. The van der Waals surface area contributed by atoms with Gasteiger partial charge in [0.25, 0.3) is 0 Å². The third-order valence-electron chi connectivity index (χ3n) is 2.15. The van der Waals surface area contributed by atoms with Crippen molar-refractivity contribution in [3.8, 4) is 5.75 Å². The Balaban J connectivity index is 3.05. The maximum atomic E-state index is 12.5. The molecule has 0 spiro atoms. The van der Waals surface area contributed by atoms with Gasteiger partial charge in [-0.25, -0.2) is 0 Å². The van der Waals surface area contributed by atoms with Gasteiger partial charge in [0.2, 0.25) is 0 Å². The first-order valence-corrected chi connectivity index (χ1v) is 4.69. The van der Waals surface area contributed by atoms with Crippen molar-refractivity contribution in [2.45, 2.75) is 12.6 Å². The lowest BCUT2D eigenvalue weighted by Crippen LogP contribution is -2.09. The van der Waals surface area contributed by atoms with Crippen LogP contribution in [0.4, 0.5) is 13.2 Å². The monoisotopic (exact) mass is 248 g/mol. The Hall–Kier alpha value is -1.72. The second kappa shape index (κ2) is 5.07. The molecule has 0 heterocycles. The molecule has 1 rings (SSSR count). The van der Waals surface area contributed by atoms with Gasteiger partial charge in [-0.3, -0.25) is 4.79 Å². The summed E-state index contributed by atoms with van der Waals surface area (Å²) in [5.74, 6) is -0.828. The average Bonchev–Trinajstić information content (AvgIpc) is 2.27. The van der Waals surface area contributed by atoms with Gasteiger partial charge in [0.1, 0.15) is 5.75 Å². The zero-order valence-electron chi connectivity index (χ0n) is 9.30. The highest BCUT2D eigenvalue weighted by Crippen LogP contribution is 2.36. The maximum Gasteiger partial charge on any atom is 0.419 e. The zero-order chi connectivity index (χ0) is 13.1. The summed E-state index contributed by atoms with van der Waals surface area (Å²) in [5, 5.41) is 0. The molecule has 0 saturated carbocycles. The van der Waals surface area contributed by atoms with E-state index in [0.29, 0.717) is 5.56 Å². The van der Waals surface area contributed by atoms with Crippen molar-refractivity contribution in [2.75, 3.05) is 14.2 Å². The number of esters is 1. The fourth-order valence-corrected chi connectivity index (χ4v) is 1.32. The van der Waals surface area contributed by atoms with Crippen molar-refractivity contribution in [1.29, 1.82) is 0 Å². The van der Waals surface area contributed by atoms with Gasteiger partial charge in [-0.15, -0.1) is 0 Å².